The smallest absolute Gasteiger partial charge is 0.258 e. The van der Waals surface area contributed by atoms with Crippen molar-refractivity contribution < 1.29 is 4.52 Å². The Morgan fingerprint density at radius 3 is 2.31 bits per heavy atom. The lowest BCUT2D eigenvalue weighted by atomic mass is 9.94. The van der Waals surface area contributed by atoms with E-state index < -0.39 is 0 Å². The number of aromatic nitrogens is 2. The molecule has 176 valence electrons. The maximum atomic E-state index is 5.87. The van der Waals surface area contributed by atoms with Crippen molar-refractivity contribution in [3.8, 4) is 11.4 Å². The Balaban J connectivity index is 1.60. The molecule has 1 N–H and O–H groups in total. The number of aryl methyl sites for hydroxylation is 3. The summed E-state index contributed by atoms with van der Waals surface area (Å²) in [6.45, 7) is 8.97. The van der Waals surface area contributed by atoms with Gasteiger partial charge >= 0.3 is 0 Å². The third-order valence-corrected chi connectivity index (χ3v) is 6.70. The van der Waals surface area contributed by atoms with Crippen LogP contribution in [0.1, 0.15) is 46.7 Å². The molecule has 6 heteroatoms. The van der Waals surface area contributed by atoms with Gasteiger partial charge in [0.15, 0.2) is 5.11 Å². The lowest BCUT2D eigenvalue weighted by Gasteiger charge is -2.37. The van der Waals surface area contributed by atoms with E-state index in [1.165, 1.54) is 16.7 Å². The van der Waals surface area contributed by atoms with Crippen LogP contribution in [0.2, 0.25) is 0 Å². The Kier molecular flexibility index (Phi) is 6.22. The first-order valence-corrected chi connectivity index (χ1v) is 12.1. The molecule has 0 bridgehead atoms. The number of allylic oxidation sites excluding steroid dienone is 1. The second kappa shape index (κ2) is 9.47. The summed E-state index contributed by atoms with van der Waals surface area (Å²) >= 11 is 5.85. The largest absolute Gasteiger partial charge is 0.351 e. The molecular formula is C29H28N4OS. The average molecular weight is 481 g/mol. The number of nitrogens with zero attached hydrogens (tertiary/aromatic N) is 3. The van der Waals surface area contributed by atoms with Crippen molar-refractivity contribution in [1.29, 1.82) is 0 Å². The Hall–Kier alpha value is -3.77. The number of benzene rings is 3. The molecule has 0 aliphatic carbocycles. The molecule has 0 amide bonds. The minimum atomic E-state index is -0.192. The fraction of sp³-hybridized carbons (Fsp3) is 0.207. The fourth-order valence-electron chi connectivity index (χ4n) is 4.49. The first-order chi connectivity index (χ1) is 16.9. The van der Waals surface area contributed by atoms with E-state index in [1.807, 2.05) is 12.1 Å². The molecule has 0 spiro atoms. The lowest BCUT2D eigenvalue weighted by molar-refractivity contribution is 0.396. The van der Waals surface area contributed by atoms with E-state index in [4.69, 9.17) is 21.7 Å². The summed E-state index contributed by atoms with van der Waals surface area (Å²) in [4.78, 5) is 6.94. The van der Waals surface area contributed by atoms with Crippen LogP contribution in [-0.4, -0.2) is 20.2 Å². The Bertz CT molecular complexity index is 1420. The number of nitrogens with one attached hydrogen (secondary N) is 1. The van der Waals surface area contributed by atoms with Gasteiger partial charge in [-0.3, -0.25) is 0 Å². The van der Waals surface area contributed by atoms with E-state index in [0.717, 1.165) is 28.0 Å². The first kappa shape index (κ1) is 23.0. The highest BCUT2D eigenvalue weighted by Gasteiger charge is 2.34. The van der Waals surface area contributed by atoms with E-state index in [9.17, 15) is 0 Å². The molecule has 5 rings (SSSR count). The van der Waals surface area contributed by atoms with Crippen LogP contribution in [0.3, 0.4) is 0 Å². The van der Waals surface area contributed by atoms with Gasteiger partial charge in [0.2, 0.25) is 5.82 Å². The van der Waals surface area contributed by atoms with Crippen molar-refractivity contribution >= 4 is 22.9 Å². The zero-order valence-electron chi connectivity index (χ0n) is 20.4. The molecule has 0 saturated heterocycles. The van der Waals surface area contributed by atoms with Crippen LogP contribution in [0, 0.1) is 20.8 Å². The van der Waals surface area contributed by atoms with Crippen LogP contribution >= 0.6 is 12.2 Å². The minimum Gasteiger partial charge on any atom is -0.351 e. The van der Waals surface area contributed by atoms with Crippen molar-refractivity contribution in [2.75, 3.05) is 0 Å². The first-order valence-electron chi connectivity index (χ1n) is 11.7. The second-order valence-electron chi connectivity index (χ2n) is 9.16. The predicted molar refractivity (Wildman–Crippen MR) is 143 cm³/mol. The van der Waals surface area contributed by atoms with Crippen molar-refractivity contribution in [3.63, 3.8) is 0 Å². The van der Waals surface area contributed by atoms with Gasteiger partial charge in [-0.2, -0.15) is 4.98 Å². The van der Waals surface area contributed by atoms with E-state index >= 15 is 0 Å². The molecule has 1 aliphatic rings. The summed E-state index contributed by atoms with van der Waals surface area (Å²) in [5.74, 6) is 1.07. The third kappa shape index (κ3) is 4.75. The van der Waals surface area contributed by atoms with Crippen LogP contribution < -0.4 is 5.32 Å². The van der Waals surface area contributed by atoms with Crippen molar-refractivity contribution in [2.45, 2.75) is 40.3 Å². The van der Waals surface area contributed by atoms with E-state index in [1.54, 1.807) is 0 Å². The zero-order chi connectivity index (χ0) is 24.5. The van der Waals surface area contributed by atoms with Gasteiger partial charge in [-0.05, 0) is 57.1 Å². The summed E-state index contributed by atoms with van der Waals surface area (Å²) in [6, 6.07) is 24.9. The van der Waals surface area contributed by atoms with E-state index in [0.29, 0.717) is 23.4 Å². The number of hydrogen-bond acceptors (Lipinski definition) is 4. The molecule has 2 heterocycles. The summed E-state index contributed by atoms with van der Waals surface area (Å²) < 4.78 is 5.87. The number of thiocarbonyl (C=S) groups is 1. The maximum Gasteiger partial charge on any atom is 0.258 e. The molecule has 35 heavy (non-hydrogen) atoms. The van der Waals surface area contributed by atoms with E-state index in [-0.39, 0.29) is 6.04 Å². The van der Waals surface area contributed by atoms with Crippen molar-refractivity contribution in [1.82, 2.24) is 20.4 Å². The second-order valence-corrected chi connectivity index (χ2v) is 9.55. The van der Waals surface area contributed by atoms with Gasteiger partial charge in [0.05, 0.1) is 11.6 Å². The molecule has 0 radical (unpaired) electrons. The van der Waals surface area contributed by atoms with Gasteiger partial charge in [-0.15, -0.1) is 0 Å². The van der Waals surface area contributed by atoms with Gasteiger partial charge in [0.1, 0.15) is 0 Å². The summed E-state index contributed by atoms with van der Waals surface area (Å²) in [6.07, 6.45) is 0. The molecule has 3 aromatic carbocycles. The predicted octanol–water partition coefficient (Wildman–Crippen LogP) is 6.52. The zero-order valence-corrected chi connectivity index (χ0v) is 21.2. The highest BCUT2D eigenvalue weighted by molar-refractivity contribution is 7.80. The normalized spacial score (nSPS) is 15.9. The molecule has 1 unspecified atom stereocenters. The van der Waals surface area contributed by atoms with Crippen LogP contribution in [-0.2, 0) is 6.54 Å². The summed E-state index contributed by atoms with van der Waals surface area (Å²) in [5, 5.41) is 8.54. The molecule has 5 nitrogen and oxygen atoms in total. The quantitative estimate of drug-likeness (QED) is 0.328. The topological polar surface area (TPSA) is 54.2 Å². The van der Waals surface area contributed by atoms with Crippen LogP contribution in [0.4, 0.5) is 0 Å². The van der Waals surface area contributed by atoms with Gasteiger partial charge in [0.25, 0.3) is 5.89 Å². The maximum absolute atomic E-state index is 5.87. The Morgan fingerprint density at radius 1 is 0.886 bits per heavy atom. The molecule has 1 aliphatic heterocycles. The number of rotatable bonds is 5. The van der Waals surface area contributed by atoms with E-state index in [2.05, 4.69) is 104 Å². The fourth-order valence-corrected chi connectivity index (χ4v) is 4.80. The SMILES string of the molecule is CC1=C(c2nc(-c3cccc(C)c3)no2)C(c2ccc(C)cc2)NC(=S)N1Cc1cccc(C)c1. The third-order valence-electron chi connectivity index (χ3n) is 6.36. The molecule has 4 aromatic rings. The molecule has 1 aromatic heterocycles. The molecular weight excluding hydrogens is 452 g/mol. The Morgan fingerprint density at radius 2 is 1.60 bits per heavy atom. The molecule has 0 saturated carbocycles. The summed E-state index contributed by atoms with van der Waals surface area (Å²) in [7, 11) is 0. The van der Waals surface area contributed by atoms with Gasteiger partial charge in [0, 0.05) is 17.8 Å². The average Bonchev–Trinajstić information content (AvgIpc) is 3.32. The Labute approximate surface area is 211 Å². The van der Waals surface area contributed by atoms with Crippen LogP contribution in [0.15, 0.2) is 83.0 Å². The van der Waals surface area contributed by atoms with Gasteiger partial charge < -0.3 is 14.7 Å². The minimum absolute atomic E-state index is 0.192. The highest BCUT2D eigenvalue weighted by atomic mass is 32.1. The summed E-state index contributed by atoms with van der Waals surface area (Å²) in [5.41, 5.74) is 8.72. The number of hydrogen-bond donors (Lipinski definition) is 1. The van der Waals surface area contributed by atoms with Gasteiger partial charge in [-0.25, -0.2) is 0 Å². The van der Waals surface area contributed by atoms with Gasteiger partial charge in [-0.1, -0.05) is 88.6 Å². The van der Waals surface area contributed by atoms with Crippen molar-refractivity contribution in [3.05, 3.63) is 112 Å². The molecule has 1 atom stereocenters. The van der Waals surface area contributed by atoms with Crippen molar-refractivity contribution in [2.24, 2.45) is 0 Å². The standard InChI is InChI=1S/C29H28N4OS/c1-18-11-13-23(14-12-18)26-25(28-31-27(32-34-28)24-10-6-8-20(3)16-24)21(4)33(29(35)30-26)17-22-9-5-7-19(2)15-22/h5-16,26H,17H2,1-4H3,(H,30,35). The van der Waals surface area contributed by atoms with Crippen LogP contribution in [0.5, 0.6) is 0 Å². The highest BCUT2D eigenvalue weighted by Crippen LogP contribution is 2.38. The monoisotopic (exact) mass is 480 g/mol. The lowest BCUT2D eigenvalue weighted by Crippen LogP contribution is -2.45. The van der Waals surface area contributed by atoms with Crippen LogP contribution in [0.25, 0.3) is 17.0 Å². The molecule has 0 fully saturated rings.